The average molecular weight is 434 g/mol. The van der Waals surface area contributed by atoms with E-state index in [1.807, 2.05) is 13.0 Å². The number of hydrogen-bond donors (Lipinski definition) is 1. The smallest absolute Gasteiger partial charge is 0.266 e. The molecule has 158 valence electrons. The first-order chi connectivity index (χ1) is 15.1. The number of rotatable bonds is 8. The molecule has 1 aliphatic carbocycles. The Hall–Kier alpha value is -3.55. The van der Waals surface area contributed by atoms with Gasteiger partial charge in [-0.25, -0.2) is 0 Å². The third kappa shape index (κ3) is 5.14. The van der Waals surface area contributed by atoms with Crippen molar-refractivity contribution in [1.29, 1.82) is 10.5 Å². The van der Waals surface area contributed by atoms with E-state index in [1.54, 1.807) is 24.3 Å². The second kappa shape index (κ2) is 10.5. The molecule has 7 heteroatoms. The third-order valence-corrected chi connectivity index (χ3v) is 6.02. The fourth-order valence-electron chi connectivity index (χ4n) is 3.41. The Bertz CT molecular complexity index is 1100. The molecule has 1 aliphatic rings. The minimum atomic E-state index is -0.539. The lowest BCUT2D eigenvalue weighted by Gasteiger charge is -2.11. The second-order valence-corrected chi connectivity index (χ2v) is 7.99. The van der Waals surface area contributed by atoms with Crippen LogP contribution in [-0.4, -0.2) is 19.1 Å². The lowest BCUT2D eigenvalue weighted by atomic mass is 9.96. The third-order valence-electron chi connectivity index (χ3n) is 4.81. The van der Waals surface area contributed by atoms with E-state index in [1.165, 1.54) is 17.4 Å². The first-order valence-corrected chi connectivity index (χ1v) is 10.9. The van der Waals surface area contributed by atoms with E-state index in [2.05, 4.69) is 18.0 Å². The van der Waals surface area contributed by atoms with Crippen LogP contribution in [0.2, 0.25) is 0 Å². The van der Waals surface area contributed by atoms with Crippen molar-refractivity contribution in [1.82, 2.24) is 0 Å². The van der Waals surface area contributed by atoms with Crippen molar-refractivity contribution < 1.29 is 14.3 Å². The molecule has 0 spiro atoms. The minimum absolute atomic E-state index is 0.0579. The molecular weight excluding hydrogens is 410 g/mol. The Labute approximate surface area is 186 Å². The highest BCUT2D eigenvalue weighted by molar-refractivity contribution is 7.16. The van der Waals surface area contributed by atoms with Gasteiger partial charge >= 0.3 is 0 Å². The second-order valence-electron chi connectivity index (χ2n) is 6.89. The molecule has 1 N–H and O–H groups in total. The fourth-order valence-corrected chi connectivity index (χ4v) is 4.64. The number of carbonyl (C=O) groups is 1. The number of benzene rings is 1. The Morgan fingerprint density at radius 3 is 2.77 bits per heavy atom. The molecule has 0 bridgehead atoms. The lowest BCUT2D eigenvalue weighted by molar-refractivity contribution is -0.112. The maximum atomic E-state index is 12.8. The molecule has 0 fully saturated rings. The van der Waals surface area contributed by atoms with Crippen molar-refractivity contribution in [3.63, 3.8) is 0 Å². The Balaban J connectivity index is 1.85. The Kier molecular flexibility index (Phi) is 7.48. The first-order valence-electron chi connectivity index (χ1n) is 10.1. The van der Waals surface area contributed by atoms with Crippen LogP contribution in [-0.2, 0) is 17.6 Å². The number of ether oxygens (including phenoxy) is 2. The van der Waals surface area contributed by atoms with Gasteiger partial charge < -0.3 is 14.8 Å². The summed E-state index contributed by atoms with van der Waals surface area (Å²) in [5.41, 5.74) is 2.13. The molecule has 0 atom stereocenters. The van der Waals surface area contributed by atoms with E-state index in [0.717, 1.165) is 36.1 Å². The van der Waals surface area contributed by atoms with Crippen LogP contribution in [0.25, 0.3) is 6.08 Å². The molecule has 1 aromatic carbocycles. The zero-order chi connectivity index (χ0) is 22.2. The number of nitrogens with one attached hydrogen (secondary N) is 1. The number of carbonyl (C=O) groups excluding carboxylic acids is 1. The quantitative estimate of drug-likeness (QED) is 0.359. The molecular formula is C24H23N3O3S. The highest BCUT2D eigenvalue weighted by atomic mass is 32.1. The van der Waals surface area contributed by atoms with Gasteiger partial charge in [0, 0.05) is 4.88 Å². The summed E-state index contributed by atoms with van der Waals surface area (Å²) < 4.78 is 11.2. The summed E-state index contributed by atoms with van der Waals surface area (Å²) in [4.78, 5) is 13.9. The van der Waals surface area contributed by atoms with E-state index < -0.39 is 5.91 Å². The molecule has 31 heavy (non-hydrogen) atoms. The molecule has 0 aliphatic heterocycles. The predicted molar refractivity (Wildman–Crippen MR) is 121 cm³/mol. The number of thiophene rings is 1. The molecule has 0 saturated carbocycles. The zero-order valence-electron chi connectivity index (χ0n) is 17.4. The molecule has 2 aromatic rings. The van der Waals surface area contributed by atoms with Gasteiger partial charge in [0.15, 0.2) is 11.5 Å². The van der Waals surface area contributed by atoms with Crippen LogP contribution in [0.15, 0.2) is 36.4 Å². The van der Waals surface area contributed by atoms with Gasteiger partial charge in [-0.2, -0.15) is 10.5 Å². The largest absolute Gasteiger partial charge is 0.490 e. The molecule has 1 amide bonds. The molecule has 1 aromatic heterocycles. The standard InChI is InChI=1S/C24H23N3O3S/c1-3-11-30-20-10-9-16(13-21(20)29-4-2)12-17(14-25)23(28)27-24-19(15-26)18-7-5-6-8-22(18)31-24/h3,9-10,12-13H,1,4-8,11H2,2H3,(H,27,28)/b17-12+. The number of amides is 1. The number of anilines is 1. The van der Waals surface area contributed by atoms with Gasteiger partial charge in [0.1, 0.15) is 29.3 Å². The van der Waals surface area contributed by atoms with Gasteiger partial charge in [0.05, 0.1) is 12.2 Å². The van der Waals surface area contributed by atoms with E-state index in [9.17, 15) is 15.3 Å². The Morgan fingerprint density at radius 1 is 1.26 bits per heavy atom. The van der Waals surface area contributed by atoms with Gasteiger partial charge in [0.25, 0.3) is 5.91 Å². The molecule has 0 unspecified atom stereocenters. The molecule has 0 radical (unpaired) electrons. The normalized spacial score (nSPS) is 12.8. The van der Waals surface area contributed by atoms with E-state index in [0.29, 0.717) is 40.8 Å². The zero-order valence-corrected chi connectivity index (χ0v) is 18.2. The van der Waals surface area contributed by atoms with Crippen molar-refractivity contribution in [2.24, 2.45) is 0 Å². The van der Waals surface area contributed by atoms with Crippen LogP contribution in [0.4, 0.5) is 5.00 Å². The fraction of sp³-hybridized carbons (Fsp3) is 0.292. The number of aryl methyl sites for hydroxylation is 1. The van der Waals surface area contributed by atoms with Crippen molar-refractivity contribution in [2.45, 2.75) is 32.6 Å². The van der Waals surface area contributed by atoms with Crippen LogP contribution >= 0.6 is 11.3 Å². The molecule has 6 nitrogen and oxygen atoms in total. The maximum absolute atomic E-state index is 12.8. The maximum Gasteiger partial charge on any atom is 0.266 e. The number of hydrogen-bond acceptors (Lipinski definition) is 6. The van der Waals surface area contributed by atoms with Crippen LogP contribution in [0, 0.1) is 22.7 Å². The van der Waals surface area contributed by atoms with Gasteiger partial charge in [-0.05, 0) is 61.9 Å². The summed E-state index contributed by atoms with van der Waals surface area (Å²) in [5, 5.41) is 22.4. The van der Waals surface area contributed by atoms with E-state index >= 15 is 0 Å². The van der Waals surface area contributed by atoms with Crippen LogP contribution < -0.4 is 14.8 Å². The summed E-state index contributed by atoms with van der Waals surface area (Å²) in [7, 11) is 0. The first kappa shape index (κ1) is 22.1. The number of nitriles is 2. The lowest BCUT2D eigenvalue weighted by Crippen LogP contribution is -2.13. The monoisotopic (exact) mass is 433 g/mol. The Morgan fingerprint density at radius 2 is 2.06 bits per heavy atom. The topological polar surface area (TPSA) is 95.1 Å². The van der Waals surface area contributed by atoms with Crippen molar-refractivity contribution in [2.75, 3.05) is 18.5 Å². The summed E-state index contributed by atoms with van der Waals surface area (Å²) in [6.07, 6.45) is 7.04. The SMILES string of the molecule is C=CCOc1ccc(/C=C(\C#N)C(=O)Nc2sc3c(c2C#N)CCCC3)cc1OCC. The van der Waals surface area contributed by atoms with Crippen molar-refractivity contribution in [3.8, 4) is 23.6 Å². The van der Waals surface area contributed by atoms with E-state index in [-0.39, 0.29) is 5.57 Å². The van der Waals surface area contributed by atoms with Gasteiger partial charge in [-0.3, -0.25) is 4.79 Å². The highest BCUT2D eigenvalue weighted by Crippen LogP contribution is 2.38. The van der Waals surface area contributed by atoms with Gasteiger partial charge in [-0.1, -0.05) is 18.7 Å². The predicted octanol–water partition coefficient (Wildman–Crippen LogP) is 5.01. The average Bonchev–Trinajstić information content (AvgIpc) is 3.13. The summed E-state index contributed by atoms with van der Waals surface area (Å²) >= 11 is 1.43. The molecule has 1 heterocycles. The summed E-state index contributed by atoms with van der Waals surface area (Å²) in [5.74, 6) is 0.542. The van der Waals surface area contributed by atoms with Crippen LogP contribution in [0.3, 0.4) is 0 Å². The van der Waals surface area contributed by atoms with Crippen LogP contribution in [0.5, 0.6) is 11.5 Å². The molecule has 3 rings (SSSR count). The minimum Gasteiger partial charge on any atom is -0.490 e. The molecule has 0 saturated heterocycles. The highest BCUT2D eigenvalue weighted by Gasteiger charge is 2.22. The number of nitrogens with zero attached hydrogens (tertiary/aromatic N) is 2. The van der Waals surface area contributed by atoms with Gasteiger partial charge in [-0.15, -0.1) is 11.3 Å². The summed E-state index contributed by atoms with van der Waals surface area (Å²) in [6, 6.07) is 9.37. The summed E-state index contributed by atoms with van der Waals surface area (Å²) in [6.45, 7) is 6.28. The van der Waals surface area contributed by atoms with Crippen molar-refractivity contribution >= 4 is 28.3 Å². The van der Waals surface area contributed by atoms with Crippen LogP contribution in [0.1, 0.15) is 41.3 Å². The number of fused-ring (bicyclic) bond motifs is 1. The van der Waals surface area contributed by atoms with Gasteiger partial charge in [0.2, 0.25) is 0 Å². The van der Waals surface area contributed by atoms with Crippen molar-refractivity contribution in [3.05, 3.63) is 58.0 Å². The van der Waals surface area contributed by atoms with E-state index in [4.69, 9.17) is 9.47 Å².